The molecule has 3 saturated carbocycles. The van der Waals surface area contributed by atoms with Crippen LogP contribution in [0.2, 0.25) is 0 Å². The molecule has 0 aromatic heterocycles. The van der Waals surface area contributed by atoms with Crippen LogP contribution in [0.15, 0.2) is 0 Å². The summed E-state index contributed by atoms with van der Waals surface area (Å²) >= 11 is 0. The number of hydrogen-bond donors (Lipinski definition) is 0. The van der Waals surface area contributed by atoms with Crippen LogP contribution in [0, 0.1) is 46.3 Å². The molecular formula is C29H51N. The Balaban J connectivity index is 1.39. The lowest BCUT2D eigenvalue weighted by molar-refractivity contribution is 0.0646. The molecule has 30 heavy (non-hydrogen) atoms. The molecule has 0 bridgehead atoms. The van der Waals surface area contributed by atoms with E-state index in [9.17, 15) is 5.26 Å². The van der Waals surface area contributed by atoms with E-state index in [4.69, 9.17) is 0 Å². The fraction of sp³-hybridized carbons (Fsp3) is 0.966. The van der Waals surface area contributed by atoms with Gasteiger partial charge in [-0.2, -0.15) is 5.26 Å². The lowest BCUT2D eigenvalue weighted by Gasteiger charge is -2.45. The molecule has 0 aromatic rings. The summed E-state index contributed by atoms with van der Waals surface area (Å²) in [5.74, 6) is 4.67. The number of nitrogens with zero attached hydrogens (tertiary/aromatic N) is 1. The molecule has 0 aliphatic heterocycles. The van der Waals surface area contributed by atoms with Crippen molar-refractivity contribution in [2.45, 2.75) is 142 Å². The van der Waals surface area contributed by atoms with Gasteiger partial charge in [-0.1, -0.05) is 78.1 Å². The highest BCUT2D eigenvalue weighted by atomic mass is 14.5. The van der Waals surface area contributed by atoms with Crippen molar-refractivity contribution >= 4 is 0 Å². The smallest absolute Gasteiger partial charge is 0.0692 e. The van der Waals surface area contributed by atoms with E-state index in [-0.39, 0.29) is 5.41 Å². The molecule has 0 N–H and O–H groups in total. The first-order valence-corrected chi connectivity index (χ1v) is 14.1. The predicted octanol–water partition coefficient (Wildman–Crippen LogP) is 9.46. The van der Waals surface area contributed by atoms with Crippen molar-refractivity contribution in [3.63, 3.8) is 0 Å². The standard InChI is InChI=1S/C29H51N/c1-3-5-7-9-24-11-13-26(14-12-24)27-15-17-28(18-16-27)29(23-30)21-19-25(20-22-29)10-8-6-4-2/h24-28H,3-22H2,1-2H3/t24-,25-,26-,27-,28+,29+. The molecule has 0 unspecified atom stereocenters. The van der Waals surface area contributed by atoms with Crippen molar-refractivity contribution in [1.82, 2.24) is 0 Å². The molecular weight excluding hydrogens is 362 g/mol. The summed E-state index contributed by atoms with van der Waals surface area (Å²) in [5.41, 5.74) is 0.0448. The molecule has 1 nitrogen and oxygen atoms in total. The van der Waals surface area contributed by atoms with E-state index in [1.54, 1.807) is 0 Å². The highest BCUT2D eigenvalue weighted by Crippen LogP contribution is 2.52. The highest BCUT2D eigenvalue weighted by molar-refractivity contribution is 5.06. The highest BCUT2D eigenvalue weighted by Gasteiger charge is 2.44. The molecule has 0 heterocycles. The molecule has 3 aliphatic rings. The Morgan fingerprint density at radius 2 is 1.10 bits per heavy atom. The van der Waals surface area contributed by atoms with Crippen LogP contribution in [0.3, 0.4) is 0 Å². The number of unbranched alkanes of at least 4 members (excludes halogenated alkanes) is 4. The lowest BCUT2D eigenvalue weighted by Crippen LogP contribution is -2.37. The monoisotopic (exact) mass is 413 g/mol. The zero-order valence-corrected chi connectivity index (χ0v) is 20.5. The van der Waals surface area contributed by atoms with Gasteiger partial charge in [-0.15, -0.1) is 0 Å². The van der Waals surface area contributed by atoms with E-state index in [0.29, 0.717) is 5.92 Å². The van der Waals surface area contributed by atoms with E-state index in [1.807, 2.05) is 0 Å². The van der Waals surface area contributed by atoms with Gasteiger partial charge in [0.05, 0.1) is 11.5 Å². The van der Waals surface area contributed by atoms with Crippen LogP contribution in [0.5, 0.6) is 0 Å². The van der Waals surface area contributed by atoms with Crippen LogP contribution in [0.25, 0.3) is 0 Å². The average molecular weight is 414 g/mol. The molecule has 3 fully saturated rings. The predicted molar refractivity (Wildman–Crippen MR) is 129 cm³/mol. The van der Waals surface area contributed by atoms with Crippen molar-refractivity contribution in [3.05, 3.63) is 0 Å². The number of nitriles is 1. The van der Waals surface area contributed by atoms with Crippen LogP contribution >= 0.6 is 0 Å². The second-order valence-corrected chi connectivity index (χ2v) is 11.6. The minimum Gasteiger partial charge on any atom is -0.198 e. The summed E-state index contributed by atoms with van der Waals surface area (Å²) < 4.78 is 0. The van der Waals surface area contributed by atoms with Crippen LogP contribution < -0.4 is 0 Å². The van der Waals surface area contributed by atoms with Gasteiger partial charge in [0.25, 0.3) is 0 Å². The van der Waals surface area contributed by atoms with Crippen molar-refractivity contribution in [1.29, 1.82) is 5.26 Å². The molecule has 0 aromatic carbocycles. The zero-order chi connectivity index (χ0) is 21.2. The topological polar surface area (TPSA) is 23.8 Å². The Bertz CT molecular complexity index is 493. The molecule has 0 radical (unpaired) electrons. The maximum atomic E-state index is 10.2. The minimum absolute atomic E-state index is 0.0448. The minimum atomic E-state index is 0.0448. The molecule has 0 saturated heterocycles. The summed E-state index contributed by atoms with van der Waals surface area (Å²) in [6.45, 7) is 4.63. The quantitative estimate of drug-likeness (QED) is 0.327. The van der Waals surface area contributed by atoms with E-state index in [0.717, 1.165) is 23.7 Å². The summed E-state index contributed by atoms with van der Waals surface area (Å²) in [6, 6.07) is 2.90. The first-order chi connectivity index (χ1) is 14.7. The molecule has 1 heteroatoms. The van der Waals surface area contributed by atoms with E-state index >= 15 is 0 Å². The Morgan fingerprint density at radius 3 is 1.57 bits per heavy atom. The van der Waals surface area contributed by atoms with Gasteiger partial charge in [-0.25, -0.2) is 0 Å². The number of hydrogen-bond acceptors (Lipinski definition) is 1. The second-order valence-electron chi connectivity index (χ2n) is 11.6. The third-order valence-electron chi connectivity index (χ3n) is 9.76. The van der Waals surface area contributed by atoms with Crippen molar-refractivity contribution in [2.24, 2.45) is 35.0 Å². The van der Waals surface area contributed by atoms with Crippen LogP contribution in [-0.2, 0) is 0 Å². The van der Waals surface area contributed by atoms with Crippen LogP contribution in [0.1, 0.15) is 142 Å². The van der Waals surface area contributed by atoms with Crippen molar-refractivity contribution in [3.8, 4) is 6.07 Å². The third kappa shape index (κ3) is 6.50. The molecule has 0 spiro atoms. The van der Waals surface area contributed by atoms with Gasteiger partial charge >= 0.3 is 0 Å². The van der Waals surface area contributed by atoms with Gasteiger partial charge in [-0.05, 0) is 93.8 Å². The van der Waals surface area contributed by atoms with Gasteiger partial charge in [0.1, 0.15) is 0 Å². The summed E-state index contributed by atoms with van der Waals surface area (Å²) in [6.07, 6.45) is 28.0. The van der Waals surface area contributed by atoms with Crippen LogP contribution in [0.4, 0.5) is 0 Å². The normalized spacial score (nSPS) is 37.6. The summed E-state index contributed by atoms with van der Waals surface area (Å²) in [5, 5.41) is 10.2. The molecule has 3 rings (SSSR count). The SMILES string of the molecule is CCCCC[C@H]1CC[C@H]([C@H]2CC[C@@H]([C@]3(C#N)CC[C@H](CCCCC)CC3)CC2)CC1. The first-order valence-electron chi connectivity index (χ1n) is 14.1. The molecule has 0 atom stereocenters. The average Bonchev–Trinajstić information content (AvgIpc) is 2.81. The van der Waals surface area contributed by atoms with E-state index in [2.05, 4.69) is 19.9 Å². The Hall–Kier alpha value is -0.510. The fourth-order valence-corrected chi connectivity index (χ4v) is 7.55. The summed E-state index contributed by atoms with van der Waals surface area (Å²) in [7, 11) is 0. The van der Waals surface area contributed by atoms with Gasteiger partial charge in [-0.3, -0.25) is 0 Å². The first kappa shape index (κ1) is 24.1. The summed E-state index contributed by atoms with van der Waals surface area (Å²) in [4.78, 5) is 0. The van der Waals surface area contributed by atoms with Gasteiger partial charge < -0.3 is 0 Å². The maximum absolute atomic E-state index is 10.2. The largest absolute Gasteiger partial charge is 0.198 e. The van der Waals surface area contributed by atoms with Crippen molar-refractivity contribution in [2.75, 3.05) is 0 Å². The van der Waals surface area contributed by atoms with Crippen molar-refractivity contribution < 1.29 is 0 Å². The van der Waals surface area contributed by atoms with Gasteiger partial charge in [0.2, 0.25) is 0 Å². The maximum Gasteiger partial charge on any atom is 0.0692 e. The lowest BCUT2D eigenvalue weighted by atomic mass is 9.58. The molecule has 0 amide bonds. The number of rotatable bonds is 10. The molecule has 172 valence electrons. The van der Waals surface area contributed by atoms with E-state index < -0.39 is 0 Å². The Kier molecular flexibility index (Phi) is 10.1. The zero-order valence-electron chi connectivity index (χ0n) is 20.5. The second kappa shape index (κ2) is 12.5. The van der Waals surface area contributed by atoms with Crippen LogP contribution in [-0.4, -0.2) is 0 Å². The fourth-order valence-electron chi connectivity index (χ4n) is 7.55. The van der Waals surface area contributed by atoms with Gasteiger partial charge in [0.15, 0.2) is 0 Å². The Morgan fingerprint density at radius 1 is 0.633 bits per heavy atom. The van der Waals surface area contributed by atoms with E-state index in [1.165, 1.54) is 128 Å². The third-order valence-corrected chi connectivity index (χ3v) is 9.76. The van der Waals surface area contributed by atoms with Gasteiger partial charge in [0, 0.05) is 0 Å². The Labute approximate surface area is 188 Å². The molecule has 3 aliphatic carbocycles.